The summed E-state index contributed by atoms with van der Waals surface area (Å²) in [5.41, 5.74) is 6.66. The van der Waals surface area contributed by atoms with Crippen LogP contribution in [0, 0.1) is 0 Å². The molecule has 3 nitrogen and oxygen atoms in total. The fourth-order valence-electron chi connectivity index (χ4n) is 1.39. The van der Waals surface area contributed by atoms with Crippen molar-refractivity contribution in [1.29, 1.82) is 0 Å². The van der Waals surface area contributed by atoms with Crippen LogP contribution in [0.4, 0.5) is 0 Å². The SMILES string of the molecule is NC1c2ccc(Br)cc2OCC1O. The Morgan fingerprint density at radius 1 is 1.54 bits per heavy atom. The molecule has 2 rings (SSSR count). The maximum Gasteiger partial charge on any atom is 0.125 e. The van der Waals surface area contributed by atoms with E-state index >= 15 is 0 Å². The molecular weight excluding hydrogens is 234 g/mol. The zero-order valence-electron chi connectivity index (χ0n) is 6.90. The Labute approximate surface area is 84.6 Å². The average Bonchev–Trinajstić information content (AvgIpc) is 2.12. The maximum absolute atomic E-state index is 9.43. The van der Waals surface area contributed by atoms with Crippen molar-refractivity contribution in [2.45, 2.75) is 12.1 Å². The molecule has 0 radical (unpaired) electrons. The maximum atomic E-state index is 9.43. The Bertz CT molecular complexity index is 329. The summed E-state index contributed by atoms with van der Waals surface area (Å²) in [4.78, 5) is 0. The van der Waals surface area contributed by atoms with Crippen molar-refractivity contribution < 1.29 is 9.84 Å². The third kappa shape index (κ3) is 1.57. The molecule has 2 unspecified atom stereocenters. The molecule has 0 saturated carbocycles. The van der Waals surface area contributed by atoms with Gasteiger partial charge in [-0.25, -0.2) is 0 Å². The highest BCUT2D eigenvalue weighted by molar-refractivity contribution is 9.10. The number of hydrogen-bond acceptors (Lipinski definition) is 3. The van der Waals surface area contributed by atoms with Crippen molar-refractivity contribution >= 4 is 15.9 Å². The molecule has 0 bridgehead atoms. The number of benzene rings is 1. The van der Waals surface area contributed by atoms with Crippen LogP contribution in [0.1, 0.15) is 11.6 Å². The zero-order chi connectivity index (χ0) is 9.42. The molecule has 70 valence electrons. The molecule has 2 atom stereocenters. The van der Waals surface area contributed by atoms with Crippen LogP contribution in [0.15, 0.2) is 22.7 Å². The second kappa shape index (κ2) is 3.29. The average molecular weight is 244 g/mol. The van der Waals surface area contributed by atoms with Gasteiger partial charge in [0.1, 0.15) is 18.5 Å². The first-order chi connectivity index (χ1) is 6.18. The highest BCUT2D eigenvalue weighted by Gasteiger charge is 2.25. The van der Waals surface area contributed by atoms with Gasteiger partial charge in [-0.2, -0.15) is 0 Å². The predicted molar refractivity (Wildman–Crippen MR) is 52.6 cm³/mol. The molecule has 0 aliphatic carbocycles. The number of halogens is 1. The predicted octanol–water partition coefficient (Wildman–Crippen LogP) is 1.20. The van der Waals surface area contributed by atoms with E-state index in [-0.39, 0.29) is 12.6 Å². The number of fused-ring (bicyclic) bond motifs is 1. The van der Waals surface area contributed by atoms with Gasteiger partial charge in [-0.3, -0.25) is 0 Å². The van der Waals surface area contributed by atoms with Gasteiger partial charge >= 0.3 is 0 Å². The van der Waals surface area contributed by atoms with Crippen LogP contribution in [-0.4, -0.2) is 17.8 Å². The fourth-order valence-corrected chi connectivity index (χ4v) is 1.73. The van der Waals surface area contributed by atoms with Gasteiger partial charge < -0.3 is 15.6 Å². The van der Waals surface area contributed by atoms with Gasteiger partial charge in [-0.15, -0.1) is 0 Å². The summed E-state index contributed by atoms with van der Waals surface area (Å²) in [6, 6.07) is 5.28. The van der Waals surface area contributed by atoms with Crippen LogP contribution in [-0.2, 0) is 0 Å². The molecular formula is C9H10BrNO2. The molecule has 1 aromatic carbocycles. The van der Waals surface area contributed by atoms with E-state index in [0.717, 1.165) is 15.8 Å². The van der Waals surface area contributed by atoms with Crippen molar-refractivity contribution in [3.63, 3.8) is 0 Å². The van der Waals surface area contributed by atoms with Gasteiger partial charge in [-0.1, -0.05) is 22.0 Å². The van der Waals surface area contributed by atoms with Crippen LogP contribution in [0.2, 0.25) is 0 Å². The lowest BCUT2D eigenvalue weighted by Gasteiger charge is -2.27. The van der Waals surface area contributed by atoms with Crippen molar-refractivity contribution in [2.75, 3.05) is 6.61 Å². The molecule has 0 aromatic heterocycles. The minimum atomic E-state index is -0.603. The molecule has 3 N–H and O–H groups in total. The van der Waals surface area contributed by atoms with E-state index in [9.17, 15) is 5.11 Å². The molecule has 0 fully saturated rings. The number of rotatable bonds is 0. The quantitative estimate of drug-likeness (QED) is 0.721. The zero-order valence-corrected chi connectivity index (χ0v) is 8.49. The third-order valence-corrected chi connectivity index (χ3v) is 2.65. The van der Waals surface area contributed by atoms with E-state index in [4.69, 9.17) is 10.5 Å². The molecule has 0 amide bonds. The highest BCUT2D eigenvalue weighted by atomic mass is 79.9. The molecule has 0 spiro atoms. The second-order valence-electron chi connectivity index (χ2n) is 3.09. The van der Waals surface area contributed by atoms with Crippen LogP contribution in [0.5, 0.6) is 5.75 Å². The number of aliphatic hydroxyl groups is 1. The van der Waals surface area contributed by atoms with E-state index in [0.29, 0.717) is 0 Å². The Morgan fingerprint density at radius 2 is 2.31 bits per heavy atom. The minimum Gasteiger partial charge on any atom is -0.490 e. The summed E-state index contributed by atoms with van der Waals surface area (Å²) in [6.45, 7) is 0.268. The van der Waals surface area contributed by atoms with Crippen LogP contribution < -0.4 is 10.5 Å². The highest BCUT2D eigenvalue weighted by Crippen LogP contribution is 2.32. The lowest BCUT2D eigenvalue weighted by Crippen LogP contribution is -2.35. The first kappa shape index (κ1) is 8.99. The number of ether oxygens (including phenoxy) is 1. The summed E-state index contributed by atoms with van der Waals surface area (Å²) in [7, 11) is 0. The van der Waals surface area contributed by atoms with Crippen molar-refractivity contribution in [1.82, 2.24) is 0 Å². The lowest BCUT2D eigenvalue weighted by atomic mass is 9.99. The van der Waals surface area contributed by atoms with Gasteiger partial charge in [0.05, 0.1) is 6.04 Å². The van der Waals surface area contributed by atoms with Crippen LogP contribution in [0.3, 0.4) is 0 Å². The van der Waals surface area contributed by atoms with Gasteiger partial charge in [0, 0.05) is 10.0 Å². The monoisotopic (exact) mass is 243 g/mol. The Morgan fingerprint density at radius 3 is 3.08 bits per heavy atom. The van der Waals surface area contributed by atoms with Gasteiger partial charge in [-0.05, 0) is 12.1 Å². The first-order valence-electron chi connectivity index (χ1n) is 4.04. The summed E-state index contributed by atoms with van der Waals surface area (Å²) in [6.07, 6.45) is -0.603. The third-order valence-electron chi connectivity index (χ3n) is 2.16. The number of nitrogens with two attached hydrogens (primary N) is 1. The van der Waals surface area contributed by atoms with E-state index in [1.54, 1.807) is 0 Å². The molecule has 1 aliphatic rings. The Balaban J connectivity index is 2.44. The van der Waals surface area contributed by atoms with Crippen molar-refractivity contribution in [3.8, 4) is 5.75 Å². The van der Waals surface area contributed by atoms with E-state index < -0.39 is 6.10 Å². The van der Waals surface area contributed by atoms with E-state index in [1.165, 1.54) is 0 Å². The van der Waals surface area contributed by atoms with E-state index in [1.807, 2.05) is 18.2 Å². The van der Waals surface area contributed by atoms with E-state index in [2.05, 4.69) is 15.9 Å². The number of aliphatic hydroxyl groups excluding tert-OH is 1. The Hall–Kier alpha value is -0.580. The van der Waals surface area contributed by atoms with Gasteiger partial charge in [0.15, 0.2) is 0 Å². The smallest absolute Gasteiger partial charge is 0.125 e. The molecule has 0 saturated heterocycles. The summed E-state index contributed by atoms with van der Waals surface area (Å²) in [5.74, 6) is 0.757. The largest absolute Gasteiger partial charge is 0.490 e. The molecule has 1 aromatic rings. The minimum absolute atomic E-state index is 0.268. The second-order valence-corrected chi connectivity index (χ2v) is 4.00. The first-order valence-corrected chi connectivity index (χ1v) is 4.83. The Kier molecular flexibility index (Phi) is 2.27. The van der Waals surface area contributed by atoms with Gasteiger partial charge in [0.2, 0.25) is 0 Å². The lowest BCUT2D eigenvalue weighted by molar-refractivity contribution is 0.0678. The summed E-state index contributed by atoms with van der Waals surface area (Å²) >= 11 is 3.34. The van der Waals surface area contributed by atoms with Crippen molar-refractivity contribution in [2.24, 2.45) is 5.73 Å². The number of hydrogen-bond donors (Lipinski definition) is 2. The molecule has 1 aliphatic heterocycles. The fraction of sp³-hybridized carbons (Fsp3) is 0.333. The summed E-state index contributed by atoms with van der Waals surface area (Å²) < 4.78 is 6.28. The van der Waals surface area contributed by atoms with Crippen molar-refractivity contribution in [3.05, 3.63) is 28.2 Å². The summed E-state index contributed by atoms with van der Waals surface area (Å²) in [5, 5.41) is 9.43. The normalized spacial score (nSPS) is 26.4. The van der Waals surface area contributed by atoms with Crippen LogP contribution in [0.25, 0.3) is 0 Å². The molecule has 4 heteroatoms. The topological polar surface area (TPSA) is 55.5 Å². The van der Waals surface area contributed by atoms with Gasteiger partial charge in [0.25, 0.3) is 0 Å². The standard InChI is InChI=1S/C9H10BrNO2/c10-5-1-2-6-8(3-5)13-4-7(12)9(6)11/h1-3,7,9,12H,4,11H2. The molecule has 13 heavy (non-hydrogen) atoms. The van der Waals surface area contributed by atoms with Crippen LogP contribution >= 0.6 is 15.9 Å². The molecule has 1 heterocycles.